The average Bonchev–Trinajstić information content (AvgIpc) is 2.45. The third-order valence-corrected chi connectivity index (χ3v) is 4.49. The quantitative estimate of drug-likeness (QED) is 0.834. The molecule has 2 amide bonds. The Kier molecular flexibility index (Phi) is 5.80. The van der Waals surface area contributed by atoms with Crippen molar-refractivity contribution in [1.82, 2.24) is 9.80 Å². The Morgan fingerprint density at radius 3 is 2.35 bits per heavy atom. The summed E-state index contributed by atoms with van der Waals surface area (Å²) in [6, 6.07) is -0.0468. The Labute approximate surface area is 120 Å². The number of aliphatic carboxylic acids is 1. The summed E-state index contributed by atoms with van der Waals surface area (Å²) in [5, 5.41) is 9.35. The molecule has 0 spiro atoms. The van der Waals surface area contributed by atoms with Gasteiger partial charge in [0.05, 0.1) is 18.1 Å². The summed E-state index contributed by atoms with van der Waals surface area (Å²) in [5.41, 5.74) is -0.659. The van der Waals surface area contributed by atoms with E-state index in [0.717, 1.165) is 0 Å². The molecule has 0 saturated carbocycles. The number of nitrogens with zero attached hydrogens (tertiary/aromatic N) is 2. The first-order valence-electron chi connectivity index (χ1n) is 7.12. The van der Waals surface area contributed by atoms with E-state index < -0.39 is 11.4 Å². The summed E-state index contributed by atoms with van der Waals surface area (Å²) in [4.78, 5) is 27.1. The smallest absolute Gasteiger partial charge is 0.320 e. The van der Waals surface area contributed by atoms with Crippen LogP contribution in [0.1, 0.15) is 33.1 Å². The van der Waals surface area contributed by atoms with Crippen molar-refractivity contribution in [1.29, 1.82) is 0 Å². The number of hydrogen-bond acceptors (Lipinski definition) is 3. The molecule has 1 rings (SSSR count). The highest BCUT2D eigenvalue weighted by molar-refractivity contribution is 5.77. The number of hydrogen-bond donors (Lipinski definition) is 1. The Balaban J connectivity index is 2.61. The number of ether oxygens (including phenoxy) is 1. The second-order valence-electron chi connectivity index (χ2n) is 5.62. The molecule has 116 valence electrons. The third-order valence-electron chi connectivity index (χ3n) is 4.49. The molecule has 0 aliphatic carbocycles. The van der Waals surface area contributed by atoms with Crippen molar-refractivity contribution in [3.05, 3.63) is 0 Å². The van der Waals surface area contributed by atoms with E-state index in [1.54, 1.807) is 24.0 Å². The maximum absolute atomic E-state index is 12.3. The second kappa shape index (κ2) is 6.92. The van der Waals surface area contributed by atoms with Crippen LogP contribution >= 0.6 is 0 Å². The molecule has 0 bridgehead atoms. The Hall–Kier alpha value is -1.30. The van der Waals surface area contributed by atoms with Crippen LogP contribution in [0, 0.1) is 5.41 Å². The number of carbonyl (C=O) groups is 2. The predicted octanol–water partition coefficient (Wildman–Crippen LogP) is 1.65. The fraction of sp³-hybridized carbons (Fsp3) is 0.857. The number of urea groups is 1. The van der Waals surface area contributed by atoms with Gasteiger partial charge in [-0.05, 0) is 26.2 Å². The van der Waals surface area contributed by atoms with E-state index >= 15 is 0 Å². The van der Waals surface area contributed by atoms with Crippen molar-refractivity contribution < 1.29 is 19.4 Å². The van der Waals surface area contributed by atoms with Gasteiger partial charge >= 0.3 is 12.0 Å². The predicted molar refractivity (Wildman–Crippen MR) is 75.7 cm³/mol. The zero-order chi connectivity index (χ0) is 15.3. The highest BCUT2D eigenvalue weighted by Crippen LogP contribution is 2.35. The van der Waals surface area contributed by atoms with Gasteiger partial charge in [-0.2, -0.15) is 0 Å². The molecule has 1 aliphatic rings. The number of carboxylic acids is 1. The minimum absolute atomic E-state index is 0.00447. The molecule has 1 N–H and O–H groups in total. The number of amides is 2. The van der Waals surface area contributed by atoms with E-state index in [1.165, 1.54) is 0 Å². The van der Waals surface area contributed by atoms with Crippen LogP contribution in [0.25, 0.3) is 0 Å². The summed E-state index contributed by atoms with van der Waals surface area (Å²) < 4.78 is 5.05. The van der Waals surface area contributed by atoms with Crippen LogP contribution < -0.4 is 0 Å². The second-order valence-corrected chi connectivity index (χ2v) is 5.62. The first-order chi connectivity index (χ1) is 9.38. The minimum atomic E-state index is -0.742. The molecule has 1 unspecified atom stereocenters. The molecule has 1 fully saturated rings. The minimum Gasteiger partial charge on any atom is -0.481 e. The van der Waals surface area contributed by atoms with Crippen LogP contribution in [0.3, 0.4) is 0 Å². The maximum Gasteiger partial charge on any atom is 0.320 e. The standard InChI is InChI=1S/C14H26N2O4/c1-5-14(12(17)18)6-8-16(9-7-14)13(19)15(3)11(2)10-20-4/h11H,5-10H2,1-4H3,(H,17,18). The topological polar surface area (TPSA) is 70.1 Å². The lowest BCUT2D eigenvalue weighted by Crippen LogP contribution is -2.52. The molecular weight excluding hydrogens is 260 g/mol. The molecule has 0 radical (unpaired) electrons. The van der Waals surface area contributed by atoms with Crippen molar-refractivity contribution in [2.24, 2.45) is 5.41 Å². The Morgan fingerprint density at radius 2 is 1.95 bits per heavy atom. The van der Waals surface area contributed by atoms with Crippen molar-refractivity contribution in [3.63, 3.8) is 0 Å². The number of carboxylic acid groups (broad SMARTS) is 1. The van der Waals surface area contributed by atoms with Gasteiger partial charge in [-0.3, -0.25) is 4.79 Å². The summed E-state index contributed by atoms with van der Waals surface area (Å²) in [5.74, 6) is -0.742. The lowest BCUT2D eigenvalue weighted by Gasteiger charge is -2.40. The molecule has 1 heterocycles. The first-order valence-corrected chi connectivity index (χ1v) is 7.12. The fourth-order valence-electron chi connectivity index (χ4n) is 2.61. The Morgan fingerprint density at radius 1 is 1.40 bits per heavy atom. The normalized spacial score (nSPS) is 19.5. The van der Waals surface area contributed by atoms with E-state index in [2.05, 4.69) is 0 Å². The highest BCUT2D eigenvalue weighted by Gasteiger charge is 2.41. The van der Waals surface area contributed by atoms with Crippen LogP contribution in [0.2, 0.25) is 0 Å². The molecule has 6 nitrogen and oxygen atoms in total. The summed E-state index contributed by atoms with van der Waals surface area (Å²) in [7, 11) is 3.36. The van der Waals surface area contributed by atoms with Gasteiger partial charge in [0.1, 0.15) is 0 Å². The van der Waals surface area contributed by atoms with Crippen molar-refractivity contribution >= 4 is 12.0 Å². The molecule has 6 heteroatoms. The molecule has 1 saturated heterocycles. The van der Waals surface area contributed by atoms with Gasteiger partial charge < -0.3 is 19.6 Å². The monoisotopic (exact) mass is 286 g/mol. The summed E-state index contributed by atoms with van der Waals surface area (Å²) in [6.45, 7) is 5.33. The Bertz CT molecular complexity index is 351. The summed E-state index contributed by atoms with van der Waals surface area (Å²) in [6.07, 6.45) is 1.66. The molecule has 0 aromatic heterocycles. The lowest BCUT2D eigenvalue weighted by molar-refractivity contribution is -0.152. The third kappa shape index (κ3) is 3.42. The van der Waals surface area contributed by atoms with Crippen LogP contribution in [-0.2, 0) is 9.53 Å². The number of rotatable bonds is 5. The lowest BCUT2D eigenvalue weighted by atomic mass is 9.76. The van der Waals surface area contributed by atoms with Gasteiger partial charge in [-0.15, -0.1) is 0 Å². The molecule has 20 heavy (non-hydrogen) atoms. The average molecular weight is 286 g/mol. The van der Waals surface area contributed by atoms with Crippen molar-refractivity contribution in [3.8, 4) is 0 Å². The molecular formula is C14H26N2O4. The van der Waals surface area contributed by atoms with E-state index in [-0.39, 0.29) is 12.1 Å². The zero-order valence-electron chi connectivity index (χ0n) is 12.9. The van der Waals surface area contributed by atoms with Crippen molar-refractivity contribution in [2.45, 2.75) is 39.2 Å². The number of likely N-dealkylation sites (tertiary alicyclic amines) is 1. The molecule has 1 atom stereocenters. The number of carbonyl (C=O) groups excluding carboxylic acids is 1. The molecule has 1 aliphatic heterocycles. The largest absolute Gasteiger partial charge is 0.481 e. The zero-order valence-corrected chi connectivity index (χ0v) is 12.9. The van der Waals surface area contributed by atoms with Crippen LogP contribution in [0.5, 0.6) is 0 Å². The van der Waals surface area contributed by atoms with Gasteiger partial charge in [-0.25, -0.2) is 4.79 Å². The van der Waals surface area contributed by atoms with E-state index in [4.69, 9.17) is 4.74 Å². The first kappa shape index (κ1) is 16.8. The maximum atomic E-state index is 12.3. The van der Waals surface area contributed by atoms with Gasteiger partial charge in [0, 0.05) is 27.2 Å². The van der Waals surface area contributed by atoms with Gasteiger partial charge in [0.2, 0.25) is 0 Å². The molecule has 0 aromatic rings. The number of likely N-dealkylation sites (N-methyl/N-ethyl adjacent to an activating group) is 1. The van der Waals surface area contributed by atoms with Gasteiger partial charge in [0.25, 0.3) is 0 Å². The van der Waals surface area contributed by atoms with Crippen LogP contribution in [-0.4, -0.2) is 66.8 Å². The number of piperidine rings is 1. The van der Waals surface area contributed by atoms with Crippen molar-refractivity contribution in [2.75, 3.05) is 33.9 Å². The summed E-state index contributed by atoms with van der Waals surface area (Å²) >= 11 is 0. The van der Waals surface area contributed by atoms with E-state index in [0.29, 0.717) is 39.0 Å². The number of methoxy groups -OCH3 is 1. The van der Waals surface area contributed by atoms with E-state index in [9.17, 15) is 14.7 Å². The van der Waals surface area contributed by atoms with E-state index in [1.807, 2.05) is 13.8 Å². The fourth-order valence-corrected chi connectivity index (χ4v) is 2.61. The molecule has 0 aromatic carbocycles. The SMILES string of the molecule is CCC1(C(=O)O)CCN(C(=O)N(C)C(C)COC)CC1. The van der Waals surface area contributed by atoms with Gasteiger partial charge in [-0.1, -0.05) is 6.92 Å². The highest BCUT2D eigenvalue weighted by atomic mass is 16.5. The van der Waals surface area contributed by atoms with Crippen LogP contribution in [0.4, 0.5) is 4.79 Å². The van der Waals surface area contributed by atoms with Gasteiger partial charge in [0.15, 0.2) is 0 Å². The van der Waals surface area contributed by atoms with Crippen LogP contribution in [0.15, 0.2) is 0 Å².